The number of anilines is 1. The summed E-state index contributed by atoms with van der Waals surface area (Å²) in [5.41, 5.74) is 10.8. The van der Waals surface area contributed by atoms with Gasteiger partial charge in [0.1, 0.15) is 0 Å². The van der Waals surface area contributed by atoms with Crippen molar-refractivity contribution in [2.45, 2.75) is 13.3 Å². The Morgan fingerprint density at radius 1 is 1.04 bits per heavy atom. The van der Waals surface area contributed by atoms with Crippen LogP contribution in [0.1, 0.15) is 29.3 Å². The van der Waals surface area contributed by atoms with Crippen molar-refractivity contribution < 1.29 is 14.3 Å². The van der Waals surface area contributed by atoms with Gasteiger partial charge >= 0.3 is 0 Å². The second kappa shape index (κ2) is 7.04. The maximum atomic E-state index is 12.1. The van der Waals surface area contributed by atoms with Crippen LogP contribution in [-0.2, 0) is 0 Å². The van der Waals surface area contributed by atoms with Gasteiger partial charge in [0.25, 0.3) is 5.91 Å². The average Bonchev–Trinajstić information content (AvgIpc) is 2.84. The van der Waals surface area contributed by atoms with E-state index in [0.717, 1.165) is 17.7 Å². The summed E-state index contributed by atoms with van der Waals surface area (Å²) in [5.74, 6) is 1.14. The van der Waals surface area contributed by atoms with Gasteiger partial charge in [-0.15, -0.1) is 0 Å². The molecule has 0 bridgehead atoms. The van der Waals surface area contributed by atoms with Gasteiger partial charge < -0.3 is 15.2 Å². The van der Waals surface area contributed by atoms with Gasteiger partial charge in [-0.2, -0.15) is 5.10 Å². The van der Waals surface area contributed by atoms with Crippen molar-refractivity contribution in [1.29, 1.82) is 0 Å². The number of benzene rings is 2. The average molecular weight is 325 g/mol. The normalized spacial score (nSPS) is 14.0. The molecule has 0 fully saturated rings. The molecule has 0 saturated heterocycles. The number of amides is 1. The quantitative estimate of drug-likeness (QED) is 0.516. The van der Waals surface area contributed by atoms with Crippen LogP contribution in [0, 0.1) is 0 Å². The third-order valence-electron chi connectivity index (χ3n) is 3.66. The molecule has 0 saturated carbocycles. The maximum Gasteiger partial charge on any atom is 0.271 e. The summed E-state index contributed by atoms with van der Waals surface area (Å²) in [6.45, 7) is 3.10. The van der Waals surface area contributed by atoms with Crippen molar-refractivity contribution in [2.24, 2.45) is 5.10 Å². The van der Waals surface area contributed by atoms with Crippen LogP contribution in [-0.4, -0.2) is 24.8 Å². The molecule has 0 unspecified atom stereocenters. The highest BCUT2D eigenvalue weighted by molar-refractivity contribution is 6.01. The van der Waals surface area contributed by atoms with Crippen molar-refractivity contribution in [3.63, 3.8) is 0 Å². The zero-order valence-corrected chi connectivity index (χ0v) is 13.4. The Kier molecular flexibility index (Phi) is 4.65. The molecule has 1 aliphatic heterocycles. The SMILES string of the molecule is C/C(=N/NC(=O)c1ccc(N)cc1)c1ccc2c(c1)OCCCO2. The van der Waals surface area contributed by atoms with Crippen LogP contribution in [0.15, 0.2) is 47.6 Å². The number of hydrogen-bond donors (Lipinski definition) is 2. The number of nitrogen functional groups attached to an aromatic ring is 1. The lowest BCUT2D eigenvalue weighted by Gasteiger charge is -2.09. The lowest BCUT2D eigenvalue weighted by atomic mass is 10.1. The first-order valence-electron chi connectivity index (χ1n) is 7.74. The molecule has 0 aromatic heterocycles. The number of fused-ring (bicyclic) bond motifs is 1. The first-order chi connectivity index (χ1) is 11.6. The summed E-state index contributed by atoms with van der Waals surface area (Å²) in [6, 6.07) is 12.3. The Balaban J connectivity index is 1.72. The molecule has 2 aromatic carbocycles. The Hall–Kier alpha value is -3.02. The number of nitrogens with two attached hydrogens (primary N) is 1. The first kappa shape index (κ1) is 15.9. The molecule has 1 amide bonds. The van der Waals surface area contributed by atoms with Gasteiger partial charge in [0, 0.05) is 23.2 Å². The summed E-state index contributed by atoms with van der Waals surface area (Å²) in [5, 5.41) is 4.15. The van der Waals surface area contributed by atoms with Gasteiger partial charge in [-0.25, -0.2) is 5.43 Å². The van der Waals surface area contributed by atoms with E-state index in [9.17, 15) is 4.79 Å². The van der Waals surface area contributed by atoms with Crippen molar-refractivity contribution in [3.8, 4) is 11.5 Å². The number of nitrogens with zero attached hydrogens (tertiary/aromatic N) is 1. The summed E-state index contributed by atoms with van der Waals surface area (Å²) < 4.78 is 11.3. The van der Waals surface area contributed by atoms with E-state index >= 15 is 0 Å². The van der Waals surface area contributed by atoms with Crippen molar-refractivity contribution in [1.82, 2.24) is 5.43 Å². The van der Waals surface area contributed by atoms with E-state index in [1.807, 2.05) is 25.1 Å². The molecule has 0 aliphatic carbocycles. The van der Waals surface area contributed by atoms with Gasteiger partial charge in [-0.05, 0) is 49.4 Å². The molecular formula is C18H19N3O3. The topological polar surface area (TPSA) is 85.9 Å². The molecule has 3 N–H and O–H groups in total. The molecule has 0 atom stereocenters. The second-order valence-electron chi connectivity index (χ2n) is 5.47. The molecule has 3 rings (SSSR count). The zero-order valence-electron chi connectivity index (χ0n) is 13.4. The van der Waals surface area contributed by atoms with E-state index in [2.05, 4.69) is 10.5 Å². The summed E-state index contributed by atoms with van der Waals surface area (Å²) >= 11 is 0. The minimum Gasteiger partial charge on any atom is -0.490 e. The monoisotopic (exact) mass is 325 g/mol. The van der Waals surface area contributed by atoms with Crippen LogP contribution in [0.2, 0.25) is 0 Å². The minimum absolute atomic E-state index is 0.288. The lowest BCUT2D eigenvalue weighted by Crippen LogP contribution is -2.19. The standard InChI is InChI=1S/C18H19N3O3/c1-12(20-21-18(22)13-3-6-15(19)7-4-13)14-5-8-16-17(11-14)24-10-2-9-23-16/h3-8,11H,2,9-10,19H2,1H3,(H,21,22)/b20-12-. The second-order valence-corrected chi connectivity index (χ2v) is 5.47. The number of ether oxygens (including phenoxy) is 2. The van der Waals surface area contributed by atoms with E-state index in [4.69, 9.17) is 15.2 Å². The van der Waals surface area contributed by atoms with Gasteiger partial charge in [0.2, 0.25) is 0 Å². The molecule has 1 aliphatic rings. The summed E-state index contributed by atoms with van der Waals surface area (Å²) in [7, 11) is 0. The Bertz CT molecular complexity index is 770. The van der Waals surface area contributed by atoms with Crippen LogP contribution in [0.5, 0.6) is 11.5 Å². The fourth-order valence-corrected chi connectivity index (χ4v) is 2.29. The number of hydrazone groups is 1. The first-order valence-corrected chi connectivity index (χ1v) is 7.74. The molecule has 0 spiro atoms. The largest absolute Gasteiger partial charge is 0.490 e. The molecule has 6 heteroatoms. The molecule has 24 heavy (non-hydrogen) atoms. The smallest absolute Gasteiger partial charge is 0.271 e. The fourth-order valence-electron chi connectivity index (χ4n) is 2.29. The molecule has 0 radical (unpaired) electrons. The van der Waals surface area contributed by atoms with Gasteiger partial charge in [0.15, 0.2) is 11.5 Å². The van der Waals surface area contributed by atoms with Crippen LogP contribution in [0.3, 0.4) is 0 Å². The highest BCUT2D eigenvalue weighted by Crippen LogP contribution is 2.30. The Morgan fingerprint density at radius 3 is 2.46 bits per heavy atom. The van der Waals surface area contributed by atoms with Crippen LogP contribution >= 0.6 is 0 Å². The molecule has 2 aromatic rings. The Morgan fingerprint density at radius 2 is 1.71 bits per heavy atom. The van der Waals surface area contributed by atoms with E-state index in [0.29, 0.717) is 35.9 Å². The lowest BCUT2D eigenvalue weighted by molar-refractivity contribution is 0.0955. The maximum absolute atomic E-state index is 12.1. The predicted octanol–water partition coefficient (Wildman–Crippen LogP) is 2.58. The fraction of sp³-hybridized carbons (Fsp3) is 0.222. The number of nitrogens with one attached hydrogen (secondary N) is 1. The van der Waals surface area contributed by atoms with E-state index < -0.39 is 0 Å². The zero-order chi connectivity index (χ0) is 16.9. The summed E-state index contributed by atoms with van der Waals surface area (Å²) in [6.07, 6.45) is 0.856. The number of rotatable bonds is 3. The van der Waals surface area contributed by atoms with Crippen molar-refractivity contribution in [3.05, 3.63) is 53.6 Å². The van der Waals surface area contributed by atoms with E-state index in [1.165, 1.54) is 0 Å². The molecule has 124 valence electrons. The van der Waals surface area contributed by atoms with Crippen molar-refractivity contribution in [2.75, 3.05) is 18.9 Å². The number of carbonyl (C=O) groups is 1. The van der Waals surface area contributed by atoms with Gasteiger partial charge in [0.05, 0.1) is 18.9 Å². The predicted molar refractivity (Wildman–Crippen MR) is 92.6 cm³/mol. The molecule has 6 nitrogen and oxygen atoms in total. The number of carbonyl (C=O) groups excluding carboxylic acids is 1. The van der Waals surface area contributed by atoms with Gasteiger partial charge in [-0.3, -0.25) is 4.79 Å². The molecular weight excluding hydrogens is 306 g/mol. The minimum atomic E-state index is -0.288. The summed E-state index contributed by atoms with van der Waals surface area (Å²) in [4.78, 5) is 12.1. The third-order valence-corrected chi connectivity index (χ3v) is 3.66. The number of hydrogen-bond acceptors (Lipinski definition) is 5. The van der Waals surface area contributed by atoms with E-state index in [-0.39, 0.29) is 5.91 Å². The highest BCUT2D eigenvalue weighted by atomic mass is 16.5. The van der Waals surface area contributed by atoms with Crippen molar-refractivity contribution >= 4 is 17.3 Å². The third kappa shape index (κ3) is 3.65. The van der Waals surface area contributed by atoms with Crippen LogP contribution in [0.4, 0.5) is 5.69 Å². The van der Waals surface area contributed by atoms with E-state index in [1.54, 1.807) is 24.3 Å². The molecule has 1 heterocycles. The van der Waals surface area contributed by atoms with Crippen LogP contribution < -0.4 is 20.6 Å². The van der Waals surface area contributed by atoms with Crippen LogP contribution in [0.25, 0.3) is 0 Å². The highest BCUT2D eigenvalue weighted by Gasteiger charge is 2.12. The Labute approximate surface area is 140 Å². The van der Waals surface area contributed by atoms with Gasteiger partial charge in [-0.1, -0.05) is 0 Å².